The number of fused-ring (bicyclic) bond motifs is 5. The number of aliphatic hydroxyl groups excluding tert-OH is 4. The molecule has 0 bridgehead atoms. The molecular weight excluding hydrogens is 492 g/mol. The highest BCUT2D eigenvalue weighted by Crippen LogP contribution is 2.67. The number of hydrogen-bond acceptors (Lipinski definition) is 6. The standard InChI is InChI=1S/C33H56O6/c1-19(2)7-6-8-20(3)24-11-12-25-23-10-9-21-17-22(13-15-32(21,4)26(23)14-16-33(24,25)5)38-30-29(36)28(35)27(18-34)39-31(30)37/h9,19-20,22-31,34-37H,6-8,10-18H2,1-5H3/t20-,22+,23+,24-,25+,26+,27-,28-,29+,30-,31+,32+,33-/m1/s1. The van der Waals surface area contributed by atoms with Crippen LogP contribution in [0.3, 0.4) is 0 Å². The Morgan fingerprint density at radius 3 is 2.46 bits per heavy atom. The van der Waals surface area contributed by atoms with Gasteiger partial charge in [-0.3, -0.25) is 0 Å². The second-order valence-corrected chi connectivity index (χ2v) is 15.0. The molecule has 4 aliphatic carbocycles. The van der Waals surface area contributed by atoms with E-state index in [1.165, 1.54) is 56.9 Å². The van der Waals surface area contributed by atoms with Gasteiger partial charge >= 0.3 is 0 Å². The van der Waals surface area contributed by atoms with Gasteiger partial charge in [0.1, 0.15) is 24.4 Å². The molecule has 4 N–H and O–H groups in total. The molecule has 5 aliphatic rings. The van der Waals surface area contributed by atoms with Gasteiger partial charge in [0.2, 0.25) is 0 Å². The van der Waals surface area contributed by atoms with Crippen LogP contribution in [0.5, 0.6) is 0 Å². The Morgan fingerprint density at radius 1 is 0.974 bits per heavy atom. The number of allylic oxidation sites excluding steroid dienone is 1. The summed E-state index contributed by atoms with van der Waals surface area (Å²) in [5.41, 5.74) is 2.18. The fourth-order valence-electron chi connectivity index (χ4n) is 10.2. The molecule has 4 fully saturated rings. The summed E-state index contributed by atoms with van der Waals surface area (Å²) in [7, 11) is 0. The van der Waals surface area contributed by atoms with Crippen molar-refractivity contribution in [1.29, 1.82) is 0 Å². The zero-order valence-electron chi connectivity index (χ0n) is 25.1. The second-order valence-electron chi connectivity index (χ2n) is 15.0. The van der Waals surface area contributed by atoms with Crippen molar-refractivity contribution in [2.75, 3.05) is 6.61 Å². The predicted octanol–water partition coefficient (Wildman–Crippen LogP) is 5.21. The van der Waals surface area contributed by atoms with Crippen LogP contribution in [0, 0.1) is 46.3 Å². The lowest BCUT2D eigenvalue weighted by Crippen LogP contribution is -2.60. The van der Waals surface area contributed by atoms with Crippen molar-refractivity contribution in [3.63, 3.8) is 0 Å². The van der Waals surface area contributed by atoms with E-state index >= 15 is 0 Å². The second kappa shape index (κ2) is 11.6. The quantitative estimate of drug-likeness (QED) is 0.311. The highest BCUT2D eigenvalue weighted by atomic mass is 16.7. The van der Waals surface area contributed by atoms with E-state index in [1.807, 2.05) is 0 Å². The molecule has 5 rings (SSSR count). The van der Waals surface area contributed by atoms with Crippen molar-refractivity contribution in [3.05, 3.63) is 11.6 Å². The Bertz CT molecular complexity index is 874. The molecule has 0 aromatic carbocycles. The highest BCUT2D eigenvalue weighted by molar-refractivity contribution is 5.25. The van der Waals surface area contributed by atoms with E-state index in [0.717, 1.165) is 54.8 Å². The van der Waals surface area contributed by atoms with Gasteiger partial charge in [0.05, 0.1) is 12.7 Å². The molecule has 0 aromatic rings. The molecule has 13 atom stereocenters. The SMILES string of the molecule is CC(C)CCC[C@@H](C)[C@H]1CC[C@H]2[C@@H]3CC=C4C[C@@H](O[C@@H]5[C@@H](O)[C@H](O)[C@@H](CO)O[C@@H]5O)CC[C@]4(C)[C@H]3CC[C@]12C. The van der Waals surface area contributed by atoms with Crippen molar-refractivity contribution in [1.82, 2.24) is 0 Å². The monoisotopic (exact) mass is 548 g/mol. The van der Waals surface area contributed by atoms with E-state index in [0.29, 0.717) is 5.41 Å². The van der Waals surface area contributed by atoms with Gasteiger partial charge in [0.15, 0.2) is 6.29 Å². The smallest absolute Gasteiger partial charge is 0.184 e. The molecule has 0 spiro atoms. The Kier molecular flexibility index (Phi) is 8.95. The Hall–Kier alpha value is -0.500. The summed E-state index contributed by atoms with van der Waals surface area (Å²) in [6.07, 6.45) is 10.0. The minimum Gasteiger partial charge on any atom is -0.394 e. The molecular formula is C33H56O6. The third kappa shape index (κ3) is 5.41. The van der Waals surface area contributed by atoms with Crippen LogP contribution in [0.4, 0.5) is 0 Å². The first-order valence-electron chi connectivity index (χ1n) is 16.1. The maximum Gasteiger partial charge on any atom is 0.184 e. The van der Waals surface area contributed by atoms with Gasteiger partial charge in [-0.05, 0) is 97.7 Å². The first-order valence-corrected chi connectivity index (χ1v) is 16.1. The average Bonchev–Trinajstić information content (AvgIpc) is 3.25. The van der Waals surface area contributed by atoms with Crippen LogP contribution >= 0.6 is 0 Å². The van der Waals surface area contributed by atoms with Crippen LogP contribution < -0.4 is 0 Å². The minimum absolute atomic E-state index is 0.118. The topological polar surface area (TPSA) is 99.4 Å². The van der Waals surface area contributed by atoms with Crippen LogP contribution in [0.15, 0.2) is 11.6 Å². The summed E-state index contributed by atoms with van der Waals surface area (Å²) in [5, 5.41) is 40.7. The molecule has 3 saturated carbocycles. The summed E-state index contributed by atoms with van der Waals surface area (Å²) >= 11 is 0. The zero-order chi connectivity index (χ0) is 28.1. The van der Waals surface area contributed by atoms with Gasteiger partial charge in [0.25, 0.3) is 0 Å². The first kappa shape index (κ1) is 30.0. The molecule has 1 saturated heterocycles. The van der Waals surface area contributed by atoms with Crippen molar-refractivity contribution >= 4 is 0 Å². The van der Waals surface area contributed by atoms with Gasteiger partial charge in [0, 0.05) is 0 Å². The largest absolute Gasteiger partial charge is 0.394 e. The number of ether oxygens (including phenoxy) is 2. The summed E-state index contributed by atoms with van der Waals surface area (Å²) < 4.78 is 11.5. The van der Waals surface area contributed by atoms with Crippen molar-refractivity contribution in [3.8, 4) is 0 Å². The van der Waals surface area contributed by atoms with E-state index < -0.39 is 37.3 Å². The van der Waals surface area contributed by atoms with Gasteiger partial charge < -0.3 is 29.9 Å². The first-order chi connectivity index (χ1) is 18.5. The molecule has 0 amide bonds. The Morgan fingerprint density at radius 2 is 1.74 bits per heavy atom. The van der Waals surface area contributed by atoms with Gasteiger partial charge in [-0.25, -0.2) is 0 Å². The van der Waals surface area contributed by atoms with Crippen molar-refractivity contribution in [2.24, 2.45) is 46.3 Å². The third-order valence-corrected chi connectivity index (χ3v) is 12.5. The van der Waals surface area contributed by atoms with E-state index in [2.05, 4.69) is 40.7 Å². The highest BCUT2D eigenvalue weighted by Gasteiger charge is 2.59. The summed E-state index contributed by atoms with van der Waals surface area (Å²) in [5.74, 6) is 4.85. The number of hydrogen-bond donors (Lipinski definition) is 4. The van der Waals surface area contributed by atoms with Gasteiger partial charge in [-0.1, -0.05) is 65.5 Å². The zero-order valence-corrected chi connectivity index (χ0v) is 25.1. The lowest BCUT2D eigenvalue weighted by Gasteiger charge is -2.58. The Balaban J connectivity index is 1.24. The summed E-state index contributed by atoms with van der Waals surface area (Å²) in [6.45, 7) is 11.9. The van der Waals surface area contributed by atoms with Crippen LogP contribution in [0.25, 0.3) is 0 Å². The minimum atomic E-state index is -1.36. The maximum absolute atomic E-state index is 10.6. The molecule has 6 heteroatoms. The molecule has 1 aliphatic heterocycles. The fourth-order valence-corrected chi connectivity index (χ4v) is 10.2. The number of aliphatic hydroxyl groups is 4. The average molecular weight is 549 g/mol. The van der Waals surface area contributed by atoms with Gasteiger partial charge in [-0.15, -0.1) is 0 Å². The predicted molar refractivity (Wildman–Crippen MR) is 152 cm³/mol. The molecule has 39 heavy (non-hydrogen) atoms. The molecule has 0 radical (unpaired) electrons. The Labute approximate surface area is 236 Å². The lowest BCUT2D eigenvalue weighted by atomic mass is 9.47. The fraction of sp³-hybridized carbons (Fsp3) is 0.939. The van der Waals surface area contributed by atoms with E-state index in [4.69, 9.17) is 9.47 Å². The number of rotatable bonds is 8. The summed E-state index contributed by atoms with van der Waals surface area (Å²) in [6, 6.07) is 0. The van der Waals surface area contributed by atoms with E-state index in [-0.39, 0.29) is 11.5 Å². The molecule has 0 aromatic heterocycles. The molecule has 6 nitrogen and oxygen atoms in total. The van der Waals surface area contributed by atoms with Crippen LogP contribution in [0.2, 0.25) is 0 Å². The molecule has 1 heterocycles. The maximum atomic E-state index is 10.6. The van der Waals surface area contributed by atoms with Crippen LogP contribution in [-0.2, 0) is 9.47 Å². The summed E-state index contributed by atoms with van der Waals surface area (Å²) in [4.78, 5) is 0. The van der Waals surface area contributed by atoms with Crippen LogP contribution in [-0.4, -0.2) is 63.8 Å². The van der Waals surface area contributed by atoms with E-state index in [9.17, 15) is 20.4 Å². The lowest BCUT2D eigenvalue weighted by molar-refractivity contribution is -0.304. The van der Waals surface area contributed by atoms with Crippen molar-refractivity contribution in [2.45, 2.75) is 142 Å². The molecule has 224 valence electrons. The van der Waals surface area contributed by atoms with Crippen LogP contribution in [0.1, 0.15) is 105 Å². The van der Waals surface area contributed by atoms with E-state index in [1.54, 1.807) is 0 Å². The third-order valence-electron chi connectivity index (χ3n) is 12.5. The van der Waals surface area contributed by atoms with Crippen molar-refractivity contribution < 1.29 is 29.9 Å². The molecule has 0 unspecified atom stereocenters. The van der Waals surface area contributed by atoms with Gasteiger partial charge in [-0.2, -0.15) is 0 Å². The normalized spacial score (nSPS) is 48.7.